The van der Waals surface area contributed by atoms with Crippen molar-refractivity contribution in [2.75, 3.05) is 11.4 Å². The predicted molar refractivity (Wildman–Crippen MR) is 117 cm³/mol. The largest absolute Gasteiger partial charge is 0.457 e. The highest BCUT2D eigenvalue weighted by atomic mass is 32.1. The van der Waals surface area contributed by atoms with Crippen molar-refractivity contribution in [1.82, 2.24) is 10.3 Å². The molecule has 2 aromatic heterocycles. The molecule has 0 spiro atoms. The van der Waals surface area contributed by atoms with Gasteiger partial charge in [0.2, 0.25) is 5.91 Å². The van der Waals surface area contributed by atoms with Crippen LogP contribution in [0, 0.1) is 0 Å². The number of benzene rings is 2. The SMILES string of the molecule is O=C(NCc1ccc(-c2nc3ccccc3s2)o1)c1cccc(N2CCCC2=O)c1. The maximum Gasteiger partial charge on any atom is 0.251 e. The molecule has 7 heteroatoms. The Morgan fingerprint density at radius 3 is 2.87 bits per heavy atom. The van der Waals surface area contributed by atoms with Gasteiger partial charge in [-0.1, -0.05) is 18.2 Å². The molecule has 6 nitrogen and oxygen atoms in total. The lowest BCUT2D eigenvalue weighted by molar-refractivity contribution is -0.117. The van der Waals surface area contributed by atoms with Crippen LogP contribution in [0.4, 0.5) is 5.69 Å². The van der Waals surface area contributed by atoms with E-state index in [9.17, 15) is 9.59 Å². The van der Waals surface area contributed by atoms with Crippen LogP contribution in [-0.2, 0) is 11.3 Å². The first-order valence-electron chi connectivity index (χ1n) is 9.81. The van der Waals surface area contributed by atoms with Crippen LogP contribution in [0.25, 0.3) is 21.0 Å². The summed E-state index contributed by atoms with van der Waals surface area (Å²) < 4.78 is 6.99. The Hall–Kier alpha value is -3.45. The second-order valence-electron chi connectivity index (χ2n) is 7.13. The Morgan fingerprint density at radius 1 is 1.13 bits per heavy atom. The van der Waals surface area contributed by atoms with Crippen LogP contribution in [0.3, 0.4) is 0 Å². The van der Waals surface area contributed by atoms with E-state index in [1.165, 1.54) is 0 Å². The Labute approximate surface area is 177 Å². The highest BCUT2D eigenvalue weighted by Crippen LogP contribution is 2.31. The summed E-state index contributed by atoms with van der Waals surface area (Å²) in [6.07, 6.45) is 1.41. The van der Waals surface area contributed by atoms with E-state index in [1.54, 1.807) is 34.4 Å². The molecule has 30 heavy (non-hydrogen) atoms. The van der Waals surface area contributed by atoms with Gasteiger partial charge in [0.25, 0.3) is 5.91 Å². The van der Waals surface area contributed by atoms with Gasteiger partial charge in [0, 0.05) is 24.2 Å². The number of anilines is 1. The summed E-state index contributed by atoms with van der Waals surface area (Å²) in [6.45, 7) is 0.974. The standard InChI is InChI=1S/C23H19N3O3S/c27-21-9-4-12-26(21)16-6-3-5-15(13-16)22(28)24-14-17-10-11-19(29-17)23-25-18-7-1-2-8-20(18)30-23/h1-3,5-8,10-11,13H,4,9,12,14H2,(H,24,28). The van der Waals surface area contributed by atoms with Crippen LogP contribution >= 0.6 is 11.3 Å². The highest BCUT2D eigenvalue weighted by Gasteiger charge is 2.22. The fourth-order valence-corrected chi connectivity index (χ4v) is 4.50. The van der Waals surface area contributed by atoms with Gasteiger partial charge in [0.15, 0.2) is 10.8 Å². The van der Waals surface area contributed by atoms with Crippen molar-refractivity contribution in [2.45, 2.75) is 19.4 Å². The lowest BCUT2D eigenvalue weighted by atomic mass is 10.1. The van der Waals surface area contributed by atoms with Gasteiger partial charge < -0.3 is 14.6 Å². The Kier molecular flexibility index (Phi) is 4.80. The monoisotopic (exact) mass is 417 g/mol. The summed E-state index contributed by atoms with van der Waals surface area (Å²) >= 11 is 1.57. The Balaban J connectivity index is 1.26. The molecule has 1 saturated heterocycles. The van der Waals surface area contributed by atoms with E-state index in [1.807, 2.05) is 42.5 Å². The molecule has 0 aliphatic carbocycles. The molecule has 150 valence electrons. The quantitative estimate of drug-likeness (QED) is 0.514. The van der Waals surface area contributed by atoms with Gasteiger partial charge in [-0.2, -0.15) is 0 Å². The number of rotatable bonds is 5. The second-order valence-corrected chi connectivity index (χ2v) is 8.17. The first kappa shape index (κ1) is 18.6. The summed E-state index contributed by atoms with van der Waals surface area (Å²) in [5.74, 6) is 1.24. The van der Waals surface area contributed by atoms with Crippen molar-refractivity contribution in [1.29, 1.82) is 0 Å². The molecule has 0 radical (unpaired) electrons. The van der Waals surface area contributed by atoms with Crippen LogP contribution in [0.2, 0.25) is 0 Å². The number of furan rings is 1. The number of amides is 2. The molecular weight excluding hydrogens is 398 g/mol. The van der Waals surface area contributed by atoms with Gasteiger partial charge in [0.1, 0.15) is 5.76 Å². The number of para-hydroxylation sites is 1. The van der Waals surface area contributed by atoms with E-state index in [0.29, 0.717) is 30.0 Å². The molecule has 1 aliphatic rings. The van der Waals surface area contributed by atoms with Crippen LogP contribution in [-0.4, -0.2) is 23.3 Å². The third-order valence-corrected chi connectivity index (χ3v) is 6.13. The van der Waals surface area contributed by atoms with E-state index in [-0.39, 0.29) is 18.4 Å². The molecular formula is C23H19N3O3S. The van der Waals surface area contributed by atoms with Gasteiger partial charge >= 0.3 is 0 Å². The highest BCUT2D eigenvalue weighted by molar-refractivity contribution is 7.21. The van der Waals surface area contributed by atoms with E-state index in [2.05, 4.69) is 10.3 Å². The van der Waals surface area contributed by atoms with Gasteiger partial charge in [-0.3, -0.25) is 9.59 Å². The number of hydrogen-bond donors (Lipinski definition) is 1. The number of fused-ring (bicyclic) bond motifs is 1. The van der Waals surface area contributed by atoms with E-state index < -0.39 is 0 Å². The predicted octanol–water partition coefficient (Wildman–Crippen LogP) is 4.61. The molecule has 1 fully saturated rings. The smallest absolute Gasteiger partial charge is 0.251 e. The van der Waals surface area contributed by atoms with Crippen LogP contribution in [0.15, 0.2) is 65.1 Å². The lowest BCUT2D eigenvalue weighted by Gasteiger charge is -2.16. The Morgan fingerprint density at radius 2 is 2.03 bits per heavy atom. The third kappa shape index (κ3) is 3.59. The first-order chi connectivity index (χ1) is 14.7. The van der Waals surface area contributed by atoms with Crippen molar-refractivity contribution in [2.24, 2.45) is 0 Å². The van der Waals surface area contributed by atoms with E-state index in [0.717, 1.165) is 27.3 Å². The normalized spacial score (nSPS) is 13.9. The maximum absolute atomic E-state index is 12.6. The second kappa shape index (κ2) is 7.76. The van der Waals surface area contributed by atoms with Crippen molar-refractivity contribution in [3.05, 3.63) is 72.0 Å². The summed E-state index contributed by atoms with van der Waals surface area (Å²) in [6, 6.07) is 18.8. The minimum absolute atomic E-state index is 0.102. The number of nitrogens with zero attached hydrogens (tertiary/aromatic N) is 2. The number of carbonyl (C=O) groups excluding carboxylic acids is 2. The molecule has 4 aromatic rings. The van der Waals surface area contributed by atoms with Crippen LogP contribution in [0.1, 0.15) is 29.0 Å². The number of carbonyl (C=O) groups is 2. The zero-order valence-electron chi connectivity index (χ0n) is 16.1. The van der Waals surface area contributed by atoms with Gasteiger partial charge in [-0.05, 0) is 48.9 Å². The molecule has 0 unspecified atom stereocenters. The minimum atomic E-state index is -0.207. The molecule has 1 aliphatic heterocycles. The minimum Gasteiger partial charge on any atom is -0.457 e. The molecule has 1 N–H and O–H groups in total. The van der Waals surface area contributed by atoms with Crippen molar-refractivity contribution in [3.63, 3.8) is 0 Å². The molecule has 0 atom stereocenters. The van der Waals surface area contributed by atoms with E-state index >= 15 is 0 Å². The fourth-order valence-electron chi connectivity index (χ4n) is 3.57. The maximum atomic E-state index is 12.6. The molecule has 2 amide bonds. The summed E-state index contributed by atoms with van der Waals surface area (Å²) in [7, 11) is 0. The molecule has 2 aromatic carbocycles. The number of nitrogens with one attached hydrogen (secondary N) is 1. The van der Waals surface area contributed by atoms with E-state index in [4.69, 9.17) is 4.42 Å². The lowest BCUT2D eigenvalue weighted by Crippen LogP contribution is -2.25. The molecule has 5 rings (SSSR count). The summed E-state index contributed by atoms with van der Waals surface area (Å²) in [4.78, 5) is 30.9. The Bertz CT molecular complexity index is 1210. The molecule has 3 heterocycles. The van der Waals surface area contributed by atoms with Crippen molar-refractivity contribution >= 4 is 39.1 Å². The third-order valence-electron chi connectivity index (χ3n) is 5.08. The number of hydrogen-bond acceptors (Lipinski definition) is 5. The number of aromatic nitrogens is 1. The topological polar surface area (TPSA) is 75.4 Å². The average molecular weight is 417 g/mol. The van der Waals surface area contributed by atoms with Gasteiger partial charge in [-0.15, -0.1) is 11.3 Å². The summed E-state index contributed by atoms with van der Waals surface area (Å²) in [5.41, 5.74) is 2.23. The first-order valence-corrected chi connectivity index (χ1v) is 10.6. The van der Waals surface area contributed by atoms with Crippen LogP contribution in [0.5, 0.6) is 0 Å². The summed E-state index contributed by atoms with van der Waals surface area (Å²) in [5, 5.41) is 3.70. The number of thiazole rings is 1. The van der Waals surface area contributed by atoms with Crippen LogP contribution < -0.4 is 10.2 Å². The van der Waals surface area contributed by atoms with Gasteiger partial charge in [-0.25, -0.2) is 4.98 Å². The zero-order chi connectivity index (χ0) is 20.5. The van der Waals surface area contributed by atoms with Crippen molar-refractivity contribution < 1.29 is 14.0 Å². The zero-order valence-corrected chi connectivity index (χ0v) is 16.9. The fraction of sp³-hybridized carbons (Fsp3) is 0.174. The van der Waals surface area contributed by atoms with Crippen molar-refractivity contribution in [3.8, 4) is 10.8 Å². The van der Waals surface area contributed by atoms with Gasteiger partial charge in [0.05, 0.1) is 16.8 Å². The molecule has 0 saturated carbocycles. The molecule has 0 bridgehead atoms. The average Bonchev–Trinajstić information content (AvgIpc) is 3.51.